The Balaban J connectivity index is 2.79. The Morgan fingerprint density at radius 3 is 2.67 bits per heavy atom. The second-order valence-corrected chi connectivity index (χ2v) is 1.86. The Morgan fingerprint density at radius 2 is 2.22 bits per heavy atom. The molecule has 0 aromatic carbocycles. The molecule has 1 heterocycles. The number of carbonyl (C=O) groups is 1. The number of amides is 1. The van der Waals surface area contributed by atoms with Crippen LogP contribution < -0.4 is 10.6 Å². The summed E-state index contributed by atoms with van der Waals surface area (Å²) in [5.41, 5.74) is 1.05. The van der Waals surface area contributed by atoms with Crippen LogP contribution in [0.4, 0.5) is 0 Å². The molecule has 0 aliphatic carbocycles. The molecule has 0 bridgehead atoms. The molecule has 1 aliphatic heterocycles. The summed E-state index contributed by atoms with van der Waals surface area (Å²) in [6, 6.07) is 0. The van der Waals surface area contributed by atoms with Crippen LogP contribution in [-0.2, 0) is 4.79 Å². The van der Waals surface area contributed by atoms with Crippen LogP contribution in [0.25, 0.3) is 0 Å². The predicted molar refractivity (Wildman–Crippen MR) is 35.8 cm³/mol. The monoisotopic (exact) mass is 121 g/mol. The van der Waals surface area contributed by atoms with Crippen LogP contribution in [-0.4, -0.2) is 19.1 Å². The Hall–Kier alpha value is -1.06. The topological polar surface area (TPSA) is 41.1 Å². The van der Waals surface area contributed by atoms with Crippen LogP contribution in [0.15, 0.2) is 11.8 Å². The van der Waals surface area contributed by atoms with Crippen molar-refractivity contribution < 1.29 is 4.79 Å². The van der Waals surface area contributed by atoms with Gasteiger partial charge in [0.15, 0.2) is 0 Å². The Labute approximate surface area is 54.2 Å². The fraction of sp³-hybridized carbons (Fsp3) is 0.200. The molecule has 9 heavy (non-hydrogen) atoms. The number of rotatable bonds is 0. The van der Waals surface area contributed by atoms with E-state index in [0.717, 1.165) is 5.70 Å². The zero-order chi connectivity index (χ0) is 6.85. The molecule has 1 amide bonds. The summed E-state index contributed by atoms with van der Waals surface area (Å²) in [5.74, 6) is -0.177. The fourth-order valence-electron chi connectivity index (χ4n) is 0.645. The molecule has 4 heteroatoms. The van der Waals surface area contributed by atoms with Crippen LogP contribution in [0.1, 0.15) is 6.92 Å². The van der Waals surface area contributed by atoms with Gasteiger partial charge in [0.25, 0.3) is 0 Å². The third kappa shape index (κ3) is 1.42. The summed E-state index contributed by atoms with van der Waals surface area (Å²) in [6.45, 7) is 1.77. The van der Waals surface area contributed by atoms with E-state index >= 15 is 0 Å². The first-order chi connectivity index (χ1) is 4.18. The zero-order valence-corrected chi connectivity index (χ0v) is 5.06. The van der Waals surface area contributed by atoms with Gasteiger partial charge in [-0.15, -0.1) is 0 Å². The molecule has 0 saturated carbocycles. The summed E-state index contributed by atoms with van der Waals surface area (Å²) < 4.78 is 0. The molecule has 0 aromatic rings. The van der Waals surface area contributed by atoms with Gasteiger partial charge in [0.05, 0.1) is 0 Å². The van der Waals surface area contributed by atoms with E-state index in [0.29, 0.717) is 5.71 Å². The molecule has 1 rings (SSSR count). The second-order valence-electron chi connectivity index (χ2n) is 1.86. The Bertz CT molecular complexity index is 197. The third-order valence-electron chi connectivity index (χ3n) is 0.937. The van der Waals surface area contributed by atoms with Gasteiger partial charge in [-0.1, -0.05) is 0 Å². The molecular weight excluding hydrogens is 115 g/mol. The van der Waals surface area contributed by atoms with Gasteiger partial charge in [-0.05, 0) is 0 Å². The maximum atomic E-state index is 10.6. The summed E-state index contributed by atoms with van der Waals surface area (Å²) in [7, 11) is 5.25. The number of carbonyl (C=O) groups excluding carboxylic acids is 1. The van der Waals surface area contributed by atoms with Crippen molar-refractivity contribution in [3.05, 3.63) is 11.8 Å². The molecule has 0 aromatic heterocycles. The molecule has 3 nitrogen and oxygen atoms in total. The van der Waals surface area contributed by atoms with E-state index in [1.807, 2.05) is 0 Å². The quantitative estimate of drug-likeness (QED) is 0.398. The van der Waals surface area contributed by atoms with Crippen molar-refractivity contribution >= 4 is 19.1 Å². The summed E-state index contributed by atoms with van der Waals surface area (Å²) in [5, 5.41) is 5.11. The van der Waals surface area contributed by atoms with E-state index in [-0.39, 0.29) is 5.91 Å². The minimum atomic E-state index is -0.177. The Kier molecular flexibility index (Phi) is 1.38. The molecule has 2 N–H and O–H groups in total. The number of hydrogen-bond acceptors (Lipinski definition) is 2. The van der Waals surface area contributed by atoms with E-state index in [9.17, 15) is 4.79 Å². The van der Waals surface area contributed by atoms with Gasteiger partial charge in [-0.3, -0.25) is 0 Å². The van der Waals surface area contributed by atoms with Crippen molar-refractivity contribution in [2.24, 2.45) is 0 Å². The van der Waals surface area contributed by atoms with E-state index in [1.165, 1.54) is 6.08 Å². The van der Waals surface area contributed by atoms with Crippen molar-refractivity contribution in [2.45, 2.75) is 6.92 Å². The molecule has 0 fully saturated rings. The van der Waals surface area contributed by atoms with Crippen molar-refractivity contribution in [3.8, 4) is 0 Å². The van der Waals surface area contributed by atoms with Gasteiger partial charge >= 0.3 is 53.2 Å². The number of allylic oxidation sites excluding steroid dienone is 1. The molecule has 0 saturated heterocycles. The van der Waals surface area contributed by atoms with E-state index in [2.05, 4.69) is 10.6 Å². The molecule has 45 valence electrons. The molecular formula is C5H6BN2O. The van der Waals surface area contributed by atoms with Crippen LogP contribution in [0.3, 0.4) is 0 Å². The van der Waals surface area contributed by atoms with Crippen LogP contribution in [0, 0.1) is 0 Å². The zero-order valence-electron chi connectivity index (χ0n) is 5.06. The number of hydrogen-bond donors (Lipinski definition) is 2. The SMILES string of the molecule is [B]=C1NC(=O)C=C(C)N1. The summed E-state index contributed by atoms with van der Waals surface area (Å²) >= 11 is 0. The van der Waals surface area contributed by atoms with Crippen LogP contribution in [0.2, 0.25) is 0 Å². The van der Waals surface area contributed by atoms with E-state index in [4.69, 9.17) is 7.49 Å². The van der Waals surface area contributed by atoms with Crippen molar-refractivity contribution in [2.75, 3.05) is 0 Å². The van der Waals surface area contributed by atoms with Gasteiger partial charge in [0.1, 0.15) is 0 Å². The minimum absolute atomic E-state index is 0.177. The average Bonchev–Trinajstić information content (AvgIpc) is 1.59. The standard InChI is InChI=1S/C5H6BN2O/c1-3-2-4(9)8-5(6)7-3/h2,7H,1H3,(H,8,9). The molecule has 1 radical (unpaired) electrons. The molecule has 0 atom stereocenters. The maximum absolute atomic E-state index is 10.6. The Morgan fingerprint density at radius 1 is 1.56 bits per heavy atom. The van der Waals surface area contributed by atoms with Crippen LogP contribution >= 0.6 is 0 Å². The fourth-order valence-corrected chi connectivity index (χ4v) is 0.645. The van der Waals surface area contributed by atoms with E-state index in [1.54, 1.807) is 6.92 Å². The third-order valence-corrected chi connectivity index (χ3v) is 0.937. The summed E-state index contributed by atoms with van der Waals surface area (Å²) in [6.07, 6.45) is 1.44. The van der Waals surface area contributed by atoms with Crippen molar-refractivity contribution in [1.29, 1.82) is 0 Å². The first kappa shape index (κ1) is 6.07. The summed E-state index contributed by atoms with van der Waals surface area (Å²) in [4.78, 5) is 10.6. The van der Waals surface area contributed by atoms with E-state index < -0.39 is 0 Å². The predicted octanol–water partition coefficient (Wildman–Crippen LogP) is -1.13. The van der Waals surface area contributed by atoms with Crippen LogP contribution in [0.5, 0.6) is 0 Å². The molecule has 0 unspecified atom stereocenters. The average molecular weight is 121 g/mol. The second kappa shape index (κ2) is 2.05. The number of nitrogens with one attached hydrogen (secondary N) is 2. The normalized spacial score (nSPS) is 18.0. The van der Waals surface area contributed by atoms with Crippen molar-refractivity contribution in [3.63, 3.8) is 0 Å². The van der Waals surface area contributed by atoms with Gasteiger partial charge in [-0.2, -0.15) is 0 Å². The van der Waals surface area contributed by atoms with Crippen molar-refractivity contribution in [1.82, 2.24) is 10.6 Å². The first-order valence-electron chi connectivity index (χ1n) is 2.57. The van der Waals surface area contributed by atoms with Gasteiger partial charge in [-0.25, -0.2) is 0 Å². The molecule has 0 spiro atoms. The van der Waals surface area contributed by atoms with Gasteiger partial charge < -0.3 is 0 Å². The first-order valence-corrected chi connectivity index (χ1v) is 2.57. The van der Waals surface area contributed by atoms with Gasteiger partial charge in [0, 0.05) is 0 Å². The molecule has 1 aliphatic rings. The van der Waals surface area contributed by atoms with Gasteiger partial charge in [0.2, 0.25) is 0 Å².